The van der Waals surface area contributed by atoms with Gasteiger partial charge in [-0.3, -0.25) is 4.79 Å². The fourth-order valence-corrected chi connectivity index (χ4v) is 2.20. The number of anilines is 1. The van der Waals surface area contributed by atoms with E-state index in [0.29, 0.717) is 11.3 Å². The summed E-state index contributed by atoms with van der Waals surface area (Å²) in [7, 11) is 0. The molecular weight excluding hydrogens is 262 g/mol. The van der Waals surface area contributed by atoms with Crippen LogP contribution in [0.3, 0.4) is 0 Å². The predicted octanol–water partition coefficient (Wildman–Crippen LogP) is 4.34. The average molecular weight is 283 g/mol. The molecule has 0 saturated carbocycles. The predicted molar refractivity (Wildman–Crippen MR) is 86.1 cm³/mol. The van der Waals surface area contributed by atoms with E-state index < -0.39 is 0 Å². The molecule has 0 fully saturated rings. The molecular formula is C18H21NO2. The maximum absolute atomic E-state index is 12.5. The Bertz CT molecular complexity index is 627. The van der Waals surface area contributed by atoms with Gasteiger partial charge in [-0.15, -0.1) is 0 Å². The minimum Gasteiger partial charge on any atom is -0.490 e. The number of rotatable bonds is 4. The lowest BCUT2D eigenvalue weighted by molar-refractivity contribution is 0.102. The van der Waals surface area contributed by atoms with E-state index in [1.165, 1.54) is 0 Å². The van der Waals surface area contributed by atoms with Crippen molar-refractivity contribution in [2.24, 2.45) is 0 Å². The van der Waals surface area contributed by atoms with Crippen LogP contribution in [0.2, 0.25) is 0 Å². The van der Waals surface area contributed by atoms with Gasteiger partial charge in [0, 0.05) is 5.69 Å². The number of aryl methyl sites for hydroxylation is 2. The molecule has 0 atom stereocenters. The summed E-state index contributed by atoms with van der Waals surface area (Å²) in [5.74, 6) is 0.458. The Hall–Kier alpha value is -2.29. The first-order chi connectivity index (χ1) is 9.99. The first-order valence-electron chi connectivity index (χ1n) is 7.12. The van der Waals surface area contributed by atoms with Crippen LogP contribution >= 0.6 is 0 Å². The van der Waals surface area contributed by atoms with Crippen LogP contribution in [0, 0.1) is 13.8 Å². The van der Waals surface area contributed by atoms with Gasteiger partial charge in [0.2, 0.25) is 0 Å². The smallest absolute Gasteiger partial charge is 0.259 e. The molecule has 2 aromatic rings. The maximum Gasteiger partial charge on any atom is 0.259 e. The Labute approximate surface area is 126 Å². The van der Waals surface area contributed by atoms with Crippen LogP contribution in [0.5, 0.6) is 5.75 Å². The topological polar surface area (TPSA) is 38.3 Å². The normalized spacial score (nSPS) is 10.5. The summed E-state index contributed by atoms with van der Waals surface area (Å²) < 4.78 is 5.70. The van der Waals surface area contributed by atoms with Crippen molar-refractivity contribution in [1.82, 2.24) is 0 Å². The molecule has 0 bridgehead atoms. The number of ether oxygens (including phenoxy) is 1. The van der Waals surface area contributed by atoms with E-state index in [-0.39, 0.29) is 12.0 Å². The summed E-state index contributed by atoms with van der Waals surface area (Å²) in [5, 5.41) is 2.99. The van der Waals surface area contributed by atoms with Crippen molar-refractivity contribution in [2.75, 3.05) is 5.32 Å². The van der Waals surface area contributed by atoms with E-state index in [4.69, 9.17) is 4.74 Å². The number of benzene rings is 2. The Morgan fingerprint density at radius 2 is 1.62 bits per heavy atom. The molecule has 0 aliphatic rings. The van der Waals surface area contributed by atoms with Crippen LogP contribution in [0.1, 0.15) is 35.3 Å². The number of carbonyl (C=O) groups excluding carboxylic acids is 1. The molecule has 110 valence electrons. The van der Waals surface area contributed by atoms with E-state index in [0.717, 1.165) is 16.8 Å². The third-order valence-electron chi connectivity index (χ3n) is 3.21. The van der Waals surface area contributed by atoms with Gasteiger partial charge in [0.05, 0.1) is 11.7 Å². The molecule has 3 nitrogen and oxygen atoms in total. The molecule has 0 aliphatic carbocycles. The molecule has 2 rings (SSSR count). The minimum absolute atomic E-state index is 0.0270. The van der Waals surface area contributed by atoms with Crippen molar-refractivity contribution in [1.29, 1.82) is 0 Å². The zero-order chi connectivity index (χ0) is 15.4. The van der Waals surface area contributed by atoms with Crippen LogP contribution in [0.4, 0.5) is 5.69 Å². The lowest BCUT2D eigenvalue weighted by Crippen LogP contribution is -2.16. The zero-order valence-electron chi connectivity index (χ0n) is 12.9. The van der Waals surface area contributed by atoms with Crippen LogP contribution in [-0.4, -0.2) is 12.0 Å². The zero-order valence-corrected chi connectivity index (χ0v) is 12.9. The summed E-state index contributed by atoms with van der Waals surface area (Å²) in [4.78, 5) is 12.5. The second-order valence-electron chi connectivity index (χ2n) is 5.38. The molecule has 0 heterocycles. The van der Waals surface area contributed by atoms with Crippen LogP contribution in [0.15, 0.2) is 42.5 Å². The fraction of sp³-hybridized carbons (Fsp3) is 0.278. The van der Waals surface area contributed by atoms with Crippen molar-refractivity contribution < 1.29 is 9.53 Å². The van der Waals surface area contributed by atoms with Crippen LogP contribution < -0.4 is 10.1 Å². The van der Waals surface area contributed by atoms with Crippen molar-refractivity contribution in [3.63, 3.8) is 0 Å². The summed E-state index contributed by atoms with van der Waals surface area (Å²) in [6.45, 7) is 7.86. The molecule has 0 aromatic heterocycles. The molecule has 0 spiro atoms. The minimum atomic E-state index is -0.149. The summed E-state index contributed by atoms with van der Waals surface area (Å²) in [5.41, 5.74) is 3.51. The van der Waals surface area contributed by atoms with Crippen molar-refractivity contribution in [2.45, 2.75) is 33.8 Å². The summed E-state index contributed by atoms with van der Waals surface area (Å²) in [6.07, 6.45) is 0.0270. The number of hydrogen-bond acceptors (Lipinski definition) is 2. The molecule has 0 radical (unpaired) electrons. The lowest BCUT2D eigenvalue weighted by Gasteiger charge is -2.15. The quantitative estimate of drug-likeness (QED) is 0.906. The van der Waals surface area contributed by atoms with E-state index in [1.54, 1.807) is 6.07 Å². The Morgan fingerprint density at radius 3 is 2.24 bits per heavy atom. The van der Waals surface area contributed by atoms with Crippen LogP contribution in [0.25, 0.3) is 0 Å². The SMILES string of the molecule is Cc1cccc(C)c1NC(=O)c1ccccc1OC(C)C. The van der Waals surface area contributed by atoms with Crippen LogP contribution in [-0.2, 0) is 0 Å². The van der Waals surface area contributed by atoms with Gasteiger partial charge in [0.15, 0.2) is 0 Å². The number of carbonyl (C=O) groups is 1. The van der Waals surface area contributed by atoms with E-state index in [9.17, 15) is 4.79 Å². The highest BCUT2D eigenvalue weighted by Gasteiger charge is 2.14. The van der Waals surface area contributed by atoms with Gasteiger partial charge < -0.3 is 10.1 Å². The van der Waals surface area contributed by atoms with Crippen molar-refractivity contribution in [3.8, 4) is 5.75 Å². The summed E-state index contributed by atoms with van der Waals surface area (Å²) >= 11 is 0. The van der Waals surface area contributed by atoms with Gasteiger partial charge in [0.25, 0.3) is 5.91 Å². The average Bonchev–Trinajstić information content (AvgIpc) is 2.43. The lowest BCUT2D eigenvalue weighted by atomic mass is 10.1. The summed E-state index contributed by atoms with van der Waals surface area (Å²) in [6, 6.07) is 13.3. The highest BCUT2D eigenvalue weighted by Crippen LogP contribution is 2.24. The molecule has 1 N–H and O–H groups in total. The largest absolute Gasteiger partial charge is 0.490 e. The third-order valence-corrected chi connectivity index (χ3v) is 3.21. The van der Waals surface area contributed by atoms with Gasteiger partial charge in [-0.25, -0.2) is 0 Å². The van der Waals surface area contributed by atoms with Gasteiger partial charge in [-0.2, -0.15) is 0 Å². The number of amides is 1. The molecule has 1 amide bonds. The Morgan fingerprint density at radius 1 is 1.00 bits per heavy atom. The third kappa shape index (κ3) is 3.63. The molecule has 0 saturated heterocycles. The van der Waals surface area contributed by atoms with Gasteiger partial charge >= 0.3 is 0 Å². The van der Waals surface area contributed by atoms with Crippen molar-refractivity contribution >= 4 is 11.6 Å². The Kier molecular flexibility index (Phi) is 4.63. The number of hydrogen-bond donors (Lipinski definition) is 1. The number of nitrogens with one attached hydrogen (secondary N) is 1. The first-order valence-corrected chi connectivity index (χ1v) is 7.12. The fourth-order valence-electron chi connectivity index (χ4n) is 2.20. The molecule has 2 aromatic carbocycles. The van der Waals surface area contributed by atoms with Crippen molar-refractivity contribution in [3.05, 3.63) is 59.2 Å². The molecule has 21 heavy (non-hydrogen) atoms. The van der Waals surface area contributed by atoms with Gasteiger partial charge in [0.1, 0.15) is 5.75 Å². The highest BCUT2D eigenvalue weighted by molar-refractivity contribution is 6.06. The van der Waals surface area contributed by atoms with E-state index in [1.807, 2.05) is 64.1 Å². The molecule has 0 aliphatic heterocycles. The van der Waals surface area contributed by atoms with E-state index in [2.05, 4.69) is 5.32 Å². The molecule has 0 unspecified atom stereocenters. The monoisotopic (exact) mass is 283 g/mol. The van der Waals surface area contributed by atoms with Gasteiger partial charge in [-0.05, 0) is 51.0 Å². The Balaban J connectivity index is 2.29. The second-order valence-corrected chi connectivity index (χ2v) is 5.38. The maximum atomic E-state index is 12.5. The molecule has 3 heteroatoms. The standard InChI is InChI=1S/C18H21NO2/c1-12(2)21-16-11-6-5-10-15(16)18(20)19-17-13(3)8-7-9-14(17)4/h5-12H,1-4H3,(H,19,20). The first kappa shape index (κ1) is 15.1. The second kappa shape index (κ2) is 6.44. The van der Waals surface area contributed by atoms with Gasteiger partial charge in [-0.1, -0.05) is 30.3 Å². The number of para-hydroxylation sites is 2. The highest BCUT2D eigenvalue weighted by atomic mass is 16.5. The van der Waals surface area contributed by atoms with E-state index >= 15 is 0 Å².